The normalized spacial score (nSPS) is 25.1. The number of hydrogen-bond donors (Lipinski definition) is 4. The van der Waals surface area contributed by atoms with Gasteiger partial charge in [-0.25, -0.2) is 9.08 Å². The molecular weight excluding hydrogens is 519 g/mol. The molecule has 206 valence electrons. The maximum atomic E-state index is 12.3. The van der Waals surface area contributed by atoms with Crippen LogP contribution in [0, 0.1) is 11.3 Å². The lowest BCUT2D eigenvalue weighted by molar-refractivity contribution is -0.155. The molecule has 38 heavy (non-hydrogen) atoms. The van der Waals surface area contributed by atoms with E-state index in [1.807, 2.05) is 6.07 Å². The molecule has 1 aromatic carbocycles. The van der Waals surface area contributed by atoms with Crippen molar-refractivity contribution in [3.63, 3.8) is 0 Å². The first-order valence-corrected chi connectivity index (χ1v) is 13.4. The maximum Gasteiger partial charge on any atom is 0.474 e. The summed E-state index contributed by atoms with van der Waals surface area (Å²) in [6, 6.07) is 12.0. The Balaban J connectivity index is 1.48. The highest BCUT2D eigenvalue weighted by Gasteiger charge is 2.54. The summed E-state index contributed by atoms with van der Waals surface area (Å²) >= 11 is 0. The van der Waals surface area contributed by atoms with Crippen LogP contribution in [-0.2, 0) is 46.8 Å². The molecule has 1 saturated heterocycles. The summed E-state index contributed by atoms with van der Waals surface area (Å²) in [6.07, 6.45) is -2.47. The average molecular weight is 551 g/mol. The molecule has 0 radical (unpaired) electrons. The highest BCUT2D eigenvalue weighted by atomic mass is 31.2. The fraction of sp³-hybridized carbons (Fsp3) is 0.458. The van der Waals surface area contributed by atoms with E-state index in [0.29, 0.717) is 11.3 Å². The molecule has 0 amide bonds. The Morgan fingerprint density at radius 1 is 1.21 bits per heavy atom. The topological polar surface area (TPSA) is 178 Å². The van der Waals surface area contributed by atoms with Gasteiger partial charge in [-0.1, -0.05) is 44.2 Å². The Bertz CT molecular complexity index is 1390. The molecule has 0 aliphatic carbocycles. The zero-order valence-corrected chi connectivity index (χ0v) is 22.0. The fourth-order valence-corrected chi connectivity index (χ4v) is 4.74. The molecule has 2 aromatic heterocycles. The van der Waals surface area contributed by atoms with Crippen molar-refractivity contribution in [2.45, 2.75) is 58.0 Å². The third kappa shape index (κ3) is 5.74. The van der Waals surface area contributed by atoms with E-state index in [1.165, 1.54) is 15.4 Å². The van der Waals surface area contributed by atoms with Gasteiger partial charge < -0.3 is 24.6 Å². The number of phosphoric ester groups is 1. The van der Waals surface area contributed by atoms with Crippen molar-refractivity contribution in [3.8, 4) is 0 Å². The molecule has 1 unspecified atom stereocenters. The number of benzene rings is 1. The number of aromatic nitrogens is 3. The first-order valence-electron chi connectivity index (χ1n) is 11.9. The van der Waals surface area contributed by atoms with Crippen LogP contribution in [0.15, 0.2) is 48.8 Å². The van der Waals surface area contributed by atoms with E-state index >= 15 is 0 Å². The second kappa shape index (κ2) is 11.1. The summed E-state index contributed by atoms with van der Waals surface area (Å²) in [4.78, 5) is 21.8. The van der Waals surface area contributed by atoms with Crippen LogP contribution in [0.1, 0.15) is 32.0 Å². The number of phosphoric acid groups is 1. The molecule has 0 bridgehead atoms. The second-order valence-corrected chi connectivity index (χ2v) is 10.9. The summed E-state index contributed by atoms with van der Waals surface area (Å²) in [5.41, 5.74) is -0.219. The second-order valence-electron chi connectivity index (χ2n) is 9.43. The minimum absolute atomic E-state index is 0.103. The van der Waals surface area contributed by atoms with Crippen molar-refractivity contribution >= 4 is 19.3 Å². The van der Waals surface area contributed by atoms with Crippen molar-refractivity contribution in [2.75, 3.05) is 6.61 Å². The van der Waals surface area contributed by atoms with Gasteiger partial charge in [0.1, 0.15) is 49.1 Å². The average Bonchev–Trinajstić information content (AvgIpc) is 3.43. The quantitative estimate of drug-likeness (QED) is 0.213. The van der Waals surface area contributed by atoms with E-state index in [4.69, 9.17) is 23.9 Å². The van der Waals surface area contributed by atoms with Crippen LogP contribution >= 0.6 is 7.82 Å². The highest BCUT2D eigenvalue weighted by Crippen LogP contribution is 2.44. The van der Waals surface area contributed by atoms with E-state index in [2.05, 4.69) is 5.10 Å². The summed E-state index contributed by atoms with van der Waals surface area (Å²) in [5, 5.41) is 34.2. The van der Waals surface area contributed by atoms with Crippen LogP contribution in [0.5, 0.6) is 0 Å². The minimum atomic E-state index is -4.42. The van der Waals surface area contributed by atoms with E-state index in [1.54, 1.807) is 57.2 Å². The van der Waals surface area contributed by atoms with Crippen molar-refractivity contribution in [1.82, 2.24) is 14.2 Å². The largest absolute Gasteiger partial charge is 0.474 e. The molecule has 13 nitrogen and oxygen atoms in total. The zero-order chi connectivity index (χ0) is 27.7. The first kappa shape index (κ1) is 28.1. The van der Waals surface area contributed by atoms with Gasteiger partial charge in [0, 0.05) is 0 Å². The van der Waals surface area contributed by atoms with Crippen LogP contribution in [0.25, 0.3) is 5.52 Å². The van der Waals surface area contributed by atoms with E-state index in [9.17, 15) is 24.5 Å². The van der Waals surface area contributed by atoms with Crippen molar-refractivity contribution in [3.05, 3.63) is 65.5 Å². The lowest BCUT2D eigenvalue weighted by Crippen LogP contribution is -2.40. The van der Waals surface area contributed by atoms with Gasteiger partial charge in [0.15, 0.2) is 5.49 Å². The first-order chi connectivity index (χ1) is 17.9. The maximum absolute atomic E-state index is 12.3. The van der Waals surface area contributed by atoms with Gasteiger partial charge in [0.2, 0.25) is 0 Å². The molecule has 1 aliphatic heterocycles. The van der Waals surface area contributed by atoms with Gasteiger partial charge >= 0.3 is 13.8 Å². The number of carbonyl (C=O) groups is 1. The van der Waals surface area contributed by atoms with Crippen molar-refractivity contribution in [1.29, 1.82) is 5.41 Å². The molecule has 0 spiro atoms. The molecule has 4 N–H and O–H groups in total. The summed E-state index contributed by atoms with van der Waals surface area (Å²) in [7, 11) is -4.42. The predicted molar refractivity (Wildman–Crippen MR) is 131 cm³/mol. The van der Waals surface area contributed by atoms with Gasteiger partial charge in [-0.3, -0.25) is 23.8 Å². The third-order valence-corrected chi connectivity index (χ3v) is 7.22. The SMILES string of the molecule is CC(C)C(=O)OC[C@H]1O[C@@](C)(c2ccc3c(=N)n(COP(=O)(O)OCc4ccccc4)cnn23)[C@H](O)[C@@H]1O. The van der Waals surface area contributed by atoms with Crippen molar-refractivity contribution < 1.29 is 43.0 Å². The molecule has 14 heteroatoms. The van der Waals surface area contributed by atoms with Crippen molar-refractivity contribution in [2.24, 2.45) is 5.92 Å². The van der Waals surface area contributed by atoms with E-state index in [0.717, 1.165) is 0 Å². The smallest absolute Gasteiger partial charge is 0.463 e. The molecule has 1 aliphatic rings. The third-order valence-electron chi connectivity index (χ3n) is 6.32. The molecule has 1 fully saturated rings. The molecule has 3 heterocycles. The number of fused-ring (bicyclic) bond motifs is 1. The minimum Gasteiger partial charge on any atom is -0.463 e. The number of nitrogens with zero attached hydrogens (tertiary/aromatic N) is 3. The van der Waals surface area contributed by atoms with E-state index < -0.39 is 44.4 Å². The molecule has 5 atom stereocenters. The number of nitrogens with one attached hydrogen (secondary N) is 1. The Hall–Kier alpha value is -2.90. The number of ether oxygens (including phenoxy) is 2. The van der Waals surface area contributed by atoms with Gasteiger partial charge in [-0.05, 0) is 24.6 Å². The summed E-state index contributed by atoms with van der Waals surface area (Å²) in [6.45, 7) is 4.07. The van der Waals surface area contributed by atoms with Crippen LogP contribution in [-0.4, -0.2) is 60.2 Å². The van der Waals surface area contributed by atoms with E-state index in [-0.39, 0.29) is 30.1 Å². The number of hydrogen-bond acceptors (Lipinski definition) is 10. The Labute approximate surface area is 218 Å². The Morgan fingerprint density at radius 2 is 1.92 bits per heavy atom. The monoisotopic (exact) mass is 550 g/mol. The summed E-state index contributed by atoms with van der Waals surface area (Å²) in [5.74, 6) is -0.813. The molecule has 3 aromatic rings. The lowest BCUT2D eigenvalue weighted by atomic mass is 9.93. The molecular formula is C24H31N4O9P. The summed E-state index contributed by atoms with van der Waals surface area (Å²) < 4.78 is 36.1. The van der Waals surface area contributed by atoms with Gasteiger partial charge in [0.05, 0.1) is 18.2 Å². The molecule has 0 saturated carbocycles. The Kier molecular flexibility index (Phi) is 8.19. The Morgan fingerprint density at radius 3 is 2.61 bits per heavy atom. The van der Waals surface area contributed by atoms with Gasteiger partial charge in [-0.15, -0.1) is 0 Å². The predicted octanol–water partition coefficient (Wildman–Crippen LogP) is 1.44. The number of esters is 1. The standard InChI is InChI=1S/C24H31N4O9P/c1-15(2)23(31)34-12-18-20(29)21(30)24(3,37-18)19-10-9-17-22(25)27(13-26-28(17)19)14-36-38(32,33)35-11-16-7-5-4-6-8-16/h4-10,13,15,18,20-21,25,29-30H,11-12,14H2,1-3H3,(H,32,33)/t18-,20-,21-,24+/m1/s1. The fourth-order valence-electron chi connectivity index (χ4n) is 4.09. The van der Waals surface area contributed by atoms with Crippen LogP contribution in [0.2, 0.25) is 0 Å². The zero-order valence-electron chi connectivity index (χ0n) is 21.1. The highest BCUT2D eigenvalue weighted by molar-refractivity contribution is 7.47. The molecule has 4 rings (SSSR count). The van der Waals surface area contributed by atoms with Crippen LogP contribution in [0.4, 0.5) is 0 Å². The van der Waals surface area contributed by atoms with Gasteiger partial charge in [-0.2, -0.15) is 5.10 Å². The van der Waals surface area contributed by atoms with Crippen LogP contribution in [0.3, 0.4) is 0 Å². The van der Waals surface area contributed by atoms with Crippen LogP contribution < -0.4 is 5.49 Å². The number of rotatable bonds is 10. The number of carbonyl (C=O) groups excluding carboxylic acids is 1. The number of aliphatic hydroxyl groups excluding tert-OH is 2. The van der Waals surface area contributed by atoms with Gasteiger partial charge in [0.25, 0.3) is 0 Å². The lowest BCUT2D eigenvalue weighted by Gasteiger charge is -2.27. The number of aliphatic hydroxyl groups is 2.